The predicted molar refractivity (Wildman–Crippen MR) is 86.5 cm³/mol. The highest BCUT2D eigenvalue weighted by Gasteiger charge is 2.17. The zero-order valence-electron chi connectivity index (χ0n) is 12.2. The fourth-order valence-corrected chi connectivity index (χ4v) is 2.49. The molecule has 0 amide bonds. The van der Waals surface area contributed by atoms with Gasteiger partial charge in [0, 0.05) is 0 Å². The normalized spacial score (nSPS) is 10.8. The Morgan fingerprint density at radius 1 is 1.27 bits per heavy atom. The molecule has 0 spiro atoms. The van der Waals surface area contributed by atoms with Gasteiger partial charge in [-0.3, -0.25) is 4.57 Å². The maximum absolute atomic E-state index is 6.28. The largest absolute Gasteiger partial charge is 0.492 e. The number of imidazole rings is 1. The van der Waals surface area contributed by atoms with E-state index in [2.05, 4.69) is 21.5 Å². The van der Waals surface area contributed by atoms with Gasteiger partial charge in [0.05, 0.1) is 13.2 Å². The van der Waals surface area contributed by atoms with E-state index in [1.165, 1.54) is 6.33 Å². The minimum Gasteiger partial charge on any atom is -0.492 e. The first-order chi connectivity index (χ1) is 10.7. The molecule has 112 valence electrons. The Hall–Kier alpha value is -2.40. The lowest BCUT2D eigenvalue weighted by atomic mass is 10.2. The SMILES string of the molecule is C=C(OCC)c1ncnc2c1nc(Cl)n2Cc1ccccc1. The van der Waals surface area contributed by atoms with Gasteiger partial charge in [-0.05, 0) is 24.1 Å². The van der Waals surface area contributed by atoms with Crippen molar-refractivity contribution in [1.82, 2.24) is 19.5 Å². The van der Waals surface area contributed by atoms with Crippen LogP contribution in [0.2, 0.25) is 5.28 Å². The van der Waals surface area contributed by atoms with Crippen molar-refractivity contribution in [3.63, 3.8) is 0 Å². The van der Waals surface area contributed by atoms with Crippen molar-refractivity contribution in [3.8, 4) is 0 Å². The number of hydrogen-bond acceptors (Lipinski definition) is 4. The molecule has 2 heterocycles. The first-order valence-electron chi connectivity index (χ1n) is 6.93. The highest BCUT2D eigenvalue weighted by molar-refractivity contribution is 6.29. The minimum absolute atomic E-state index is 0.366. The summed E-state index contributed by atoms with van der Waals surface area (Å²) in [4.78, 5) is 12.9. The molecule has 6 heteroatoms. The zero-order valence-corrected chi connectivity index (χ0v) is 12.9. The molecule has 22 heavy (non-hydrogen) atoms. The third-order valence-electron chi connectivity index (χ3n) is 3.25. The summed E-state index contributed by atoms with van der Waals surface area (Å²) in [6.07, 6.45) is 1.47. The second kappa shape index (κ2) is 6.15. The number of hydrogen-bond donors (Lipinski definition) is 0. The van der Waals surface area contributed by atoms with Gasteiger partial charge in [0.15, 0.2) is 5.65 Å². The molecule has 0 atom stereocenters. The molecule has 0 bridgehead atoms. The van der Waals surface area contributed by atoms with E-state index >= 15 is 0 Å². The number of ether oxygens (including phenoxy) is 1. The van der Waals surface area contributed by atoms with Gasteiger partial charge in [0.2, 0.25) is 5.28 Å². The van der Waals surface area contributed by atoms with Gasteiger partial charge in [-0.1, -0.05) is 36.9 Å². The smallest absolute Gasteiger partial charge is 0.205 e. The molecule has 2 aromatic heterocycles. The van der Waals surface area contributed by atoms with Crippen LogP contribution in [0.25, 0.3) is 16.9 Å². The van der Waals surface area contributed by atoms with Gasteiger partial charge in [-0.2, -0.15) is 0 Å². The lowest BCUT2D eigenvalue weighted by molar-refractivity contribution is 0.298. The van der Waals surface area contributed by atoms with Gasteiger partial charge >= 0.3 is 0 Å². The average molecular weight is 315 g/mol. The van der Waals surface area contributed by atoms with Crippen molar-refractivity contribution in [2.24, 2.45) is 0 Å². The summed E-state index contributed by atoms with van der Waals surface area (Å²) in [7, 11) is 0. The third-order valence-corrected chi connectivity index (χ3v) is 3.54. The summed E-state index contributed by atoms with van der Waals surface area (Å²) < 4.78 is 7.27. The number of fused-ring (bicyclic) bond motifs is 1. The molecule has 0 N–H and O–H groups in total. The fourth-order valence-electron chi connectivity index (χ4n) is 2.26. The van der Waals surface area contributed by atoms with Crippen LogP contribution in [-0.2, 0) is 11.3 Å². The zero-order chi connectivity index (χ0) is 15.5. The van der Waals surface area contributed by atoms with E-state index in [0.29, 0.717) is 41.1 Å². The van der Waals surface area contributed by atoms with Crippen molar-refractivity contribution in [1.29, 1.82) is 0 Å². The van der Waals surface area contributed by atoms with Crippen LogP contribution in [0.15, 0.2) is 43.2 Å². The fraction of sp³-hybridized carbons (Fsp3) is 0.188. The van der Waals surface area contributed by atoms with E-state index in [-0.39, 0.29) is 0 Å². The Morgan fingerprint density at radius 2 is 2.05 bits per heavy atom. The van der Waals surface area contributed by atoms with E-state index in [1.54, 1.807) is 0 Å². The molecule has 0 saturated heterocycles. The van der Waals surface area contributed by atoms with E-state index in [0.717, 1.165) is 5.56 Å². The lowest BCUT2D eigenvalue weighted by Crippen LogP contribution is -2.02. The van der Waals surface area contributed by atoms with Gasteiger partial charge < -0.3 is 4.74 Å². The molecule has 0 fully saturated rings. The molecule has 5 nitrogen and oxygen atoms in total. The average Bonchev–Trinajstić information content (AvgIpc) is 2.84. The van der Waals surface area contributed by atoms with Crippen LogP contribution in [0.4, 0.5) is 0 Å². The van der Waals surface area contributed by atoms with Gasteiger partial charge in [0.1, 0.15) is 23.3 Å². The standard InChI is InChI=1S/C16H15ClN4O/c1-3-22-11(2)13-14-15(19-10-18-13)21(16(17)20-14)9-12-7-5-4-6-8-12/h4-8,10H,2-3,9H2,1H3. The second-order valence-corrected chi connectivity index (χ2v) is 5.04. The molecule has 0 unspecified atom stereocenters. The molecular formula is C16H15ClN4O. The van der Waals surface area contributed by atoms with Gasteiger partial charge in [-0.25, -0.2) is 15.0 Å². The summed E-state index contributed by atoms with van der Waals surface area (Å²) in [5, 5.41) is 0.366. The molecule has 0 aliphatic heterocycles. The Kier molecular flexibility index (Phi) is 4.06. The number of nitrogens with zero attached hydrogens (tertiary/aromatic N) is 4. The molecule has 1 aromatic carbocycles. The number of aromatic nitrogens is 4. The Bertz CT molecular complexity index is 814. The number of halogens is 1. The minimum atomic E-state index is 0.366. The van der Waals surface area contributed by atoms with Crippen LogP contribution < -0.4 is 0 Å². The van der Waals surface area contributed by atoms with Crippen molar-refractivity contribution in [3.05, 3.63) is 59.8 Å². The first-order valence-corrected chi connectivity index (χ1v) is 7.31. The summed E-state index contributed by atoms with van der Waals surface area (Å²) in [5.74, 6) is 0.468. The Balaban J connectivity index is 2.07. The Morgan fingerprint density at radius 3 is 2.77 bits per heavy atom. The maximum Gasteiger partial charge on any atom is 0.205 e. The van der Waals surface area contributed by atoms with Gasteiger partial charge in [-0.15, -0.1) is 0 Å². The van der Waals surface area contributed by atoms with Crippen LogP contribution in [0, 0.1) is 0 Å². The van der Waals surface area contributed by atoms with Crippen LogP contribution >= 0.6 is 11.6 Å². The molecule has 3 aromatic rings. The maximum atomic E-state index is 6.28. The summed E-state index contributed by atoms with van der Waals surface area (Å²) in [6.45, 7) is 6.88. The molecule has 3 rings (SSSR count). The van der Waals surface area contributed by atoms with E-state index in [4.69, 9.17) is 16.3 Å². The highest BCUT2D eigenvalue weighted by atomic mass is 35.5. The second-order valence-electron chi connectivity index (χ2n) is 4.70. The predicted octanol–water partition coefficient (Wildman–Crippen LogP) is 3.54. The summed E-state index contributed by atoms with van der Waals surface area (Å²) in [5.41, 5.74) is 2.95. The van der Waals surface area contributed by atoms with E-state index in [9.17, 15) is 0 Å². The summed E-state index contributed by atoms with van der Waals surface area (Å²) in [6, 6.07) is 10.0. The summed E-state index contributed by atoms with van der Waals surface area (Å²) >= 11 is 6.28. The Labute approximate surface area is 133 Å². The molecule has 0 saturated carbocycles. The third kappa shape index (κ3) is 2.67. The van der Waals surface area contributed by atoms with E-state index < -0.39 is 0 Å². The number of benzene rings is 1. The van der Waals surface area contributed by atoms with E-state index in [1.807, 2.05) is 41.8 Å². The van der Waals surface area contributed by atoms with Gasteiger partial charge in [0.25, 0.3) is 0 Å². The van der Waals surface area contributed by atoms with Crippen molar-refractivity contribution in [2.45, 2.75) is 13.5 Å². The quantitative estimate of drug-likeness (QED) is 0.534. The van der Waals surface area contributed by atoms with Crippen LogP contribution in [0.1, 0.15) is 18.2 Å². The first kappa shape index (κ1) is 14.5. The van der Waals surface area contributed by atoms with Crippen molar-refractivity contribution >= 4 is 28.5 Å². The molecule has 0 radical (unpaired) electrons. The number of rotatable bonds is 5. The van der Waals surface area contributed by atoms with Crippen LogP contribution in [-0.4, -0.2) is 26.1 Å². The lowest BCUT2D eigenvalue weighted by Gasteiger charge is -2.07. The van der Waals surface area contributed by atoms with Crippen molar-refractivity contribution < 1.29 is 4.74 Å². The monoisotopic (exact) mass is 314 g/mol. The van der Waals surface area contributed by atoms with Crippen LogP contribution in [0.5, 0.6) is 0 Å². The molecule has 0 aliphatic rings. The van der Waals surface area contributed by atoms with Crippen LogP contribution in [0.3, 0.4) is 0 Å². The molecular weight excluding hydrogens is 300 g/mol. The van der Waals surface area contributed by atoms with Crippen molar-refractivity contribution in [2.75, 3.05) is 6.61 Å². The topological polar surface area (TPSA) is 52.8 Å². The molecule has 0 aliphatic carbocycles. The highest BCUT2D eigenvalue weighted by Crippen LogP contribution is 2.25.